The Morgan fingerprint density at radius 2 is 2.33 bits per heavy atom. The third-order valence-corrected chi connectivity index (χ3v) is 3.36. The topological polar surface area (TPSA) is 51.8 Å². The second kappa shape index (κ2) is 3.11. The fraction of sp³-hybridized carbons (Fsp3) is 0.750. The first-order chi connectivity index (χ1) is 5.81. The lowest BCUT2D eigenvalue weighted by molar-refractivity contribution is 0.681. The van der Waals surface area contributed by atoms with Gasteiger partial charge in [-0.05, 0) is 19.3 Å². The normalized spacial score (nSPS) is 19.5. The van der Waals surface area contributed by atoms with Crippen LogP contribution in [0.5, 0.6) is 0 Å². The first kappa shape index (κ1) is 8.13. The van der Waals surface area contributed by atoms with E-state index in [0.29, 0.717) is 5.92 Å². The fourth-order valence-corrected chi connectivity index (χ4v) is 2.16. The van der Waals surface area contributed by atoms with Crippen molar-refractivity contribution < 1.29 is 0 Å². The number of nitrogens with zero attached hydrogens (tertiary/aromatic N) is 2. The Bertz CT molecular complexity index is 267. The summed E-state index contributed by atoms with van der Waals surface area (Å²) in [6, 6.07) is 0.0926. The molecule has 0 spiro atoms. The molecule has 1 aliphatic rings. The van der Waals surface area contributed by atoms with Crippen LogP contribution in [0, 0.1) is 0 Å². The van der Waals surface area contributed by atoms with Crippen molar-refractivity contribution >= 4 is 11.3 Å². The molecular formula is C8H13N3S. The fourth-order valence-electron chi connectivity index (χ4n) is 1.07. The van der Waals surface area contributed by atoms with Crippen molar-refractivity contribution in [2.45, 2.75) is 38.1 Å². The van der Waals surface area contributed by atoms with Crippen molar-refractivity contribution in [2.75, 3.05) is 0 Å². The van der Waals surface area contributed by atoms with Gasteiger partial charge in [0.2, 0.25) is 0 Å². The van der Waals surface area contributed by atoms with E-state index in [0.717, 1.165) is 11.4 Å². The van der Waals surface area contributed by atoms with Crippen molar-refractivity contribution in [1.82, 2.24) is 10.2 Å². The average molecular weight is 183 g/mol. The molecule has 0 aromatic carbocycles. The molecule has 12 heavy (non-hydrogen) atoms. The van der Waals surface area contributed by atoms with E-state index in [9.17, 15) is 0 Å². The second-order valence-corrected chi connectivity index (χ2v) is 4.31. The van der Waals surface area contributed by atoms with Gasteiger partial charge in [-0.3, -0.25) is 0 Å². The molecule has 66 valence electrons. The third-order valence-electron chi connectivity index (χ3n) is 2.14. The maximum absolute atomic E-state index is 5.84. The quantitative estimate of drug-likeness (QED) is 0.777. The van der Waals surface area contributed by atoms with E-state index in [4.69, 9.17) is 5.73 Å². The van der Waals surface area contributed by atoms with Gasteiger partial charge in [0.1, 0.15) is 10.0 Å². The highest BCUT2D eigenvalue weighted by molar-refractivity contribution is 7.11. The first-order valence-corrected chi connectivity index (χ1v) is 5.21. The van der Waals surface area contributed by atoms with Crippen molar-refractivity contribution in [1.29, 1.82) is 0 Å². The van der Waals surface area contributed by atoms with Gasteiger partial charge in [0.25, 0.3) is 0 Å². The molecule has 2 rings (SSSR count). The standard InChI is InChI=1S/C8H13N3S/c1-2-6(9)8-11-10-7(12-8)5-3-4-5/h5-6H,2-4,9H2,1H3. The smallest absolute Gasteiger partial charge is 0.134 e. The van der Waals surface area contributed by atoms with Crippen LogP contribution in [0.4, 0.5) is 0 Å². The molecular weight excluding hydrogens is 170 g/mol. The average Bonchev–Trinajstić information content (AvgIpc) is 2.83. The highest BCUT2D eigenvalue weighted by Gasteiger charge is 2.27. The Hall–Kier alpha value is -0.480. The molecule has 1 saturated carbocycles. The van der Waals surface area contributed by atoms with E-state index in [1.54, 1.807) is 11.3 Å². The monoisotopic (exact) mass is 183 g/mol. The molecule has 3 nitrogen and oxygen atoms in total. The van der Waals surface area contributed by atoms with Crippen LogP contribution in [-0.2, 0) is 0 Å². The van der Waals surface area contributed by atoms with Gasteiger partial charge in [-0.1, -0.05) is 18.3 Å². The highest BCUT2D eigenvalue weighted by Crippen LogP contribution is 2.41. The van der Waals surface area contributed by atoms with E-state index < -0.39 is 0 Å². The van der Waals surface area contributed by atoms with E-state index in [2.05, 4.69) is 17.1 Å². The molecule has 1 atom stereocenters. The van der Waals surface area contributed by atoms with Crippen LogP contribution in [0.2, 0.25) is 0 Å². The van der Waals surface area contributed by atoms with Crippen LogP contribution in [-0.4, -0.2) is 10.2 Å². The Kier molecular flexibility index (Phi) is 2.11. The van der Waals surface area contributed by atoms with Crippen LogP contribution in [0.3, 0.4) is 0 Å². The molecule has 1 aliphatic carbocycles. The van der Waals surface area contributed by atoms with Gasteiger partial charge in [-0.25, -0.2) is 0 Å². The molecule has 1 aromatic rings. The maximum Gasteiger partial charge on any atom is 0.134 e. The van der Waals surface area contributed by atoms with E-state index in [1.807, 2.05) is 0 Å². The summed E-state index contributed by atoms with van der Waals surface area (Å²) >= 11 is 1.69. The van der Waals surface area contributed by atoms with Gasteiger partial charge in [0.15, 0.2) is 0 Å². The maximum atomic E-state index is 5.84. The predicted molar refractivity (Wildman–Crippen MR) is 49.1 cm³/mol. The van der Waals surface area contributed by atoms with E-state index >= 15 is 0 Å². The zero-order valence-electron chi connectivity index (χ0n) is 7.16. The van der Waals surface area contributed by atoms with Crippen LogP contribution < -0.4 is 5.73 Å². The van der Waals surface area contributed by atoms with Gasteiger partial charge in [-0.15, -0.1) is 10.2 Å². The SMILES string of the molecule is CCC(N)c1nnc(C2CC2)s1. The molecule has 1 aromatic heterocycles. The molecule has 0 aliphatic heterocycles. The zero-order valence-corrected chi connectivity index (χ0v) is 7.97. The lowest BCUT2D eigenvalue weighted by Crippen LogP contribution is -2.07. The van der Waals surface area contributed by atoms with Crippen molar-refractivity contribution in [2.24, 2.45) is 5.73 Å². The molecule has 0 radical (unpaired) electrons. The summed E-state index contributed by atoms with van der Waals surface area (Å²) in [6.07, 6.45) is 3.52. The van der Waals surface area contributed by atoms with Crippen molar-refractivity contribution in [3.8, 4) is 0 Å². The summed E-state index contributed by atoms with van der Waals surface area (Å²) in [7, 11) is 0. The summed E-state index contributed by atoms with van der Waals surface area (Å²) < 4.78 is 0. The molecule has 4 heteroatoms. The number of hydrogen-bond acceptors (Lipinski definition) is 4. The molecule has 1 unspecified atom stereocenters. The Balaban J connectivity index is 2.12. The molecule has 2 N–H and O–H groups in total. The Morgan fingerprint density at radius 3 is 2.92 bits per heavy atom. The minimum absolute atomic E-state index is 0.0926. The molecule has 0 amide bonds. The number of aromatic nitrogens is 2. The van der Waals surface area contributed by atoms with Gasteiger partial charge in [0.05, 0.1) is 6.04 Å². The Morgan fingerprint density at radius 1 is 1.58 bits per heavy atom. The number of hydrogen-bond donors (Lipinski definition) is 1. The van der Waals surface area contributed by atoms with Crippen LogP contribution in [0.1, 0.15) is 48.2 Å². The predicted octanol–water partition coefficient (Wildman–Crippen LogP) is 1.83. The Labute approximate surface area is 76.0 Å². The number of nitrogens with two attached hydrogens (primary N) is 1. The highest BCUT2D eigenvalue weighted by atomic mass is 32.1. The minimum Gasteiger partial charge on any atom is -0.322 e. The van der Waals surface area contributed by atoms with Crippen molar-refractivity contribution in [3.05, 3.63) is 10.0 Å². The summed E-state index contributed by atoms with van der Waals surface area (Å²) in [6.45, 7) is 2.07. The molecule has 1 heterocycles. The summed E-state index contributed by atoms with van der Waals surface area (Å²) in [5.41, 5.74) is 5.84. The van der Waals surface area contributed by atoms with Gasteiger partial charge < -0.3 is 5.73 Å². The van der Waals surface area contributed by atoms with Gasteiger partial charge in [0, 0.05) is 5.92 Å². The minimum atomic E-state index is 0.0926. The van der Waals surface area contributed by atoms with Gasteiger partial charge in [-0.2, -0.15) is 0 Å². The summed E-state index contributed by atoms with van der Waals surface area (Å²) in [4.78, 5) is 0. The lowest BCUT2D eigenvalue weighted by atomic mass is 10.3. The van der Waals surface area contributed by atoms with Crippen LogP contribution in [0.15, 0.2) is 0 Å². The van der Waals surface area contributed by atoms with Crippen molar-refractivity contribution in [3.63, 3.8) is 0 Å². The zero-order chi connectivity index (χ0) is 8.55. The van der Waals surface area contributed by atoms with Crippen LogP contribution >= 0.6 is 11.3 Å². The van der Waals surface area contributed by atoms with Crippen LogP contribution in [0.25, 0.3) is 0 Å². The lowest BCUT2D eigenvalue weighted by Gasteiger charge is -2.00. The van der Waals surface area contributed by atoms with Gasteiger partial charge >= 0.3 is 0 Å². The molecule has 0 saturated heterocycles. The second-order valence-electron chi connectivity index (χ2n) is 3.27. The van der Waals surface area contributed by atoms with E-state index in [-0.39, 0.29) is 6.04 Å². The first-order valence-electron chi connectivity index (χ1n) is 4.40. The largest absolute Gasteiger partial charge is 0.322 e. The molecule has 1 fully saturated rings. The third kappa shape index (κ3) is 1.49. The number of rotatable bonds is 3. The summed E-state index contributed by atoms with van der Waals surface area (Å²) in [5, 5.41) is 10.4. The van der Waals surface area contributed by atoms with E-state index in [1.165, 1.54) is 17.8 Å². The molecule has 0 bridgehead atoms. The summed E-state index contributed by atoms with van der Waals surface area (Å²) in [5.74, 6) is 0.709.